The molecular weight excluding hydrogens is 466 g/mol. The molecule has 0 atom stereocenters. The van der Waals surface area contributed by atoms with Crippen LogP contribution in [0.3, 0.4) is 0 Å². The highest BCUT2D eigenvalue weighted by atomic mass is 35.5. The van der Waals surface area contributed by atoms with Gasteiger partial charge in [0.15, 0.2) is 5.78 Å². The average Bonchev–Trinajstić information content (AvgIpc) is 3.24. The second-order valence-electron chi connectivity index (χ2n) is 7.01. The van der Waals surface area contributed by atoms with E-state index < -0.39 is 9.84 Å². The first-order valence-corrected chi connectivity index (χ1v) is 12.5. The fourth-order valence-electron chi connectivity index (χ4n) is 2.94. The van der Waals surface area contributed by atoms with Crippen LogP contribution in [0.15, 0.2) is 98.3 Å². The second-order valence-corrected chi connectivity index (χ2v) is 10.3. The minimum atomic E-state index is -3.95. The molecule has 4 aromatic rings. The highest BCUT2D eigenvalue weighted by Gasteiger charge is 2.29. The quantitative estimate of drug-likeness (QED) is 0.233. The van der Waals surface area contributed by atoms with Gasteiger partial charge in [0.1, 0.15) is 0 Å². The van der Waals surface area contributed by atoms with Crippen LogP contribution in [-0.2, 0) is 9.84 Å². The van der Waals surface area contributed by atoms with Crippen molar-refractivity contribution in [1.29, 1.82) is 0 Å². The molecule has 0 fully saturated rings. The number of aromatic nitrogens is 1. The van der Waals surface area contributed by atoms with Crippen LogP contribution >= 0.6 is 23.4 Å². The molecule has 0 saturated heterocycles. The first kappa shape index (κ1) is 22.3. The second kappa shape index (κ2) is 9.32. The smallest absolute Gasteiger partial charge is 0.228 e. The Morgan fingerprint density at radius 1 is 0.969 bits per heavy atom. The lowest BCUT2D eigenvalue weighted by Gasteiger charge is -2.04. The summed E-state index contributed by atoms with van der Waals surface area (Å²) in [6.07, 6.45) is 0. The van der Waals surface area contributed by atoms with Gasteiger partial charge in [-0.25, -0.2) is 8.42 Å². The third kappa shape index (κ3) is 4.80. The molecule has 0 radical (unpaired) electrons. The number of thioether (sulfide) groups is 1. The van der Waals surface area contributed by atoms with Crippen molar-refractivity contribution in [2.24, 2.45) is 0 Å². The van der Waals surface area contributed by atoms with Gasteiger partial charge < -0.3 is 4.42 Å². The molecule has 0 unspecified atom stereocenters. The number of hydrogen-bond donors (Lipinski definition) is 0. The zero-order valence-electron chi connectivity index (χ0n) is 17.0. The van der Waals surface area contributed by atoms with E-state index >= 15 is 0 Å². The molecule has 3 aromatic carbocycles. The number of carbonyl (C=O) groups excluding carboxylic acids is 1. The van der Waals surface area contributed by atoms with Crippen molar-refractivity contribution < 1.29 is 17.6 Å². The molecule has 0 spiro atoms. The number of aryl methyl sites for hydroxylation is 1. The van der Waals surface area contributed by atoms with Crippen LogP contribution in [0, 0.1) is 6.92 Å². The van der Waals surface area contributed by atoms with E-state index in [1.165, 1.54) is 12.1 Å². The van der Waals surface area contributed by atoms with E-state index in [2.05, 4.69) is 4.98 Å². The average molecular weight is 484 g/mol. The lowest BCUT2D eigenvalue weighted by atomic mass is 10.1. The van der Waals surface area contributed by atoms with E-state index in [4.69, 9.17) is 16.0 Å². The standard InChI is InChI=1S/C24H18ClNO4S2/c1-16-7-13-20(14-8-16)32(28,29)23-24(30-22(26-23)18-5-3-2-4-6-18)31-15-21(27)17-9-11-19(25)12-10-17/h2-14H,15H2,1H3. The Bertz CT molecular complexity index is 1350. The van der Waals surface area contributed by atoms with Crippen LogP contribution in [0.2, 0.25) is 5.02 Å². The molecule has 32 heavy (non-hydrogen) atoms. The lowest BCUT2D eigenvalue weighted by Crippen LogP contribution is -2.06. The molecule has 1 heterocycles. The van der Waals surface area contributed by atoms with Crippen LogP contribution in [-0.4, -0.2) is 24.9 Å². The zero-order valence-corrected chi connectivity index (χ0v) is 19.4. The molecule has 0 N–H and O–H groups in total. The number of carbonyl (C=O) groups is 1. The van der Waals surface area contributed by atoms with Crippen molar-refractivity contribution in [1.82, 2.24) is 4.98 Å². The molecule has 162 valence electrons. The van der Waals surface area contributed by atoms with Gasteiger partial charge >= 0.3 is 0 Å². The summed E-state index contributed by atoms with van der Waals surface area (Å²) in [5.41, 5.74) is 2.06. The fraction of sp³-hybridized carbons (Fsp3) is 0.0833. The van der Waals surface area contributed by atoms with Crippen LogP contribution in [0.25, 0.3) is 11.5 Å². The SMILES string of the molecule is Cc1ccc(S(=O)(=O)c2nc(-c3ccccc3)oc2SCC(=O)c2ccc(Cl)cc2)cc1. The molecule has 0 aliphatic rings. The lowest BCUT2D eigenvalue weighted by molar-refractivity contribution is 0.102. The summed E-state index contributed by atoms with van der Waals surface area (Å²) in [4.78, 5) is 17.0. The highest BCUT2D eigenvalue weighted by Crippen LogP contribution is 2.35. The third-order valence-corrected chi connectivity index (χ3v) is 7.68. The van der Waals surface area contributed by atoms with Gasteiger partial charge in [0.25, 0.3) is 0 Å². The van der Waals surface area contributed by atoms with Crippen molar-refractivity contribution >= 4 is 39.0 Å². The number of rotatable bonds is 7. The van der Waals surface area contributed by atoms with E-state index in [1.54, 1.807) is 48.5 Å². The number of hydrogen-bond acceptors (Lipinski definition) is 6. The van der Waals surface area contributed by atoms with Crippen LogP contribution in [0.4, 0.5) is 0 Å². The Labute approximate surface area is 195 Å². The maximum absolute atomic E-state index is 13.3. The Morgan fingerprint density at radius 3 is 2.28 bits per heavy atom. The monoisotopic (exact) mass is 483 g/mol. The molecule has 0 saturated carbocycles. The maximum atomic E-state index is 13.3. The first-order valence-electron chi connectivity index (χ1n) is 9.64. The van der Waals surface area contributed by atoms with Gasteiger partial charge in [-0.15, -0.1) is 0 Å². The summed E-state index contributed by atoms with van der Waals surface area (Å²) in [6, 6.07) is 22.1. The molecule has 0 aliphatic carbocycles. The molecule has 1 aromatic heterocycles. The fourth-order valence-corrected chi connectivity index (χ4v) is 5.49. The zero-order chi connectivity index (χ0) is 22.7. The van der Waals surface area contributed by atoms with Crippen molar-refractivity contribution in [2.45, 2.75) is 21.9 Å². The Morgan fingerprint density at radius 2 is 1.62 bits per heavy atom. The third-order valence-electron chi connectivity index (χ3n) is 4.67. The van der Waals surface area contributed by atoms with Crippen LogP contribution in [0.1, 0.15) is 15.9 Å². The number of ketones is 1. The van der Waals surface area contributed by atoms with E-state index in [0.717, 1.165) is 17.3 Å². The largest absolute Gasteiger partial charge is 0.428 e. The van der Waals surface area contributed by atoms with Gasteiger partial charge in [0.05, 0.1) is 10.6 Å². The molecule has 5 nitrogen and oxygen atoms in total. The minimum Gasteiger partial charge on any atom is -0.428 e. The summed E-state index contributed by atoms with van der Waals surface area (Å²) in [6.45, 7) is 1.88. The number of halogens is 1. The predicted molar refractivity (Wildman–Crippen MR) is 125 cm³/mol. The molecule has 4 rings (SSSR count). The van der Waals surface area contributed by atoms with Gasteiger partial charge in [-0.2, -0.15) is 4.98 Å². The van der Waals surface area contributed by atoms with E-state index in [1.807, 2.05) is 25.1 Å². The van der Waals surface area contributed by atoms with E-state index in [-0.39, 0.29) is 32.4 Å². The minimum absolute atomic E-state index is 0.0124. The number of oxazole rings is 1. The molecule has 0 aliphatic heterocycles. The molecular formula is C24H18ClNO4S2. The van der Waals surface area contributed by atoms with Crippen molar-refractivity contribution in [2.75, 3.05) is 5.75 Å². The van der Waals surface area contributed by atoms with Gasteiger partial charge in [-0.05, 0) is 55.5 Å². The van der Waals surface area contributed by atoms with Crippen molar-refractivity contribution in [3.63, 3.8) is 0 Å². The molecule has 8 heteroatoms. The van der Waals surface area contributed by atoms with E-state index in [0.29, 0.717) is 16.1 Å². The predicted octanol–water partition coefficient (Wildman–Crippen LogP) is 6.11. The van der Waals surface area contributed by atoms with Gasteiger partial charge in [0.2, 0.25) is 25.8 Å². The first-order chi connectivity index (χ1) is 15.3. The summed E-state index contributed by atoms with van der Waals surface area (Å²) in [5, 5.41) is 0.407. The maximum Gasteiger partial charge on any atom is 0.228 e. The van der Waals surface area contributed by atoms with Crippen molar-refractivity contribution in [3.8, 4) is 11.5 Å². The van der Waals surface area contributed by atoms with Crippen molar-refractivity contribution in [3.05, 3.63) is 95.0 Å². The summed E-state index contributed by atoms with van der Waals surface area (Å²) in [5.74, 6) is -0.0117. The summed E-state index contributed by atoms with van der Waals surface area (Å²) >= 11 is 6.89. The summed E-state index contributed by atoms with van der Waals surface area (Å²) in [7, 11) is -3.95. The number of sulfone groups is 1. The van der Waals surface area contributed by atoms with Gasteiger partial charge in [0, 0.05) is 16.1 Å². The Hall–Kier alpha value is -2.87. The Balaban J connectivity index is 1.70. The number of nitrogens with zero attached hydrogens (tertiary/aromatic N) is 1. The molecule has 0 bridgehead atoms. The Kier molecular flexibility index (Phi) is 6.50. The van der Waals surface area contributed by atoms with Gasteiger partial charge in [-0.1, -0.05) is 59.3 Å². The summed E-state index contributed by atoms with van der Waals surface area (Å²) < 4.78 is 32.5. The highest BCUT2D eigenvalue weighted by molar-refractivity contribution is 8.00. The van der Waals surface area contributed by atoms with Crippen LogP contribution < -0.4 is 0 Å². The normalized spacial score (nSPS) is 11.4. The number of Topliss-reactive ketones (excluding diaryl/α,β-unsaturated/α-hetero) is 1. The topological polar surface area (TPSA) is 77.2 Å². The van der Waals surface area contributed by atoms with Gasteiger partial charge in [-0.3, -0.25) is 4.79 Å². The van der Waals surface area contributed by atoms with E-state index in [9.17, 15) is 13.2 Å². The number of benzene rings is 3. The molecule has 0 amide bonds. The van der Waals surface area contributed by atoms with Crippen LogP contribution in [0.5, 0.6) is 0 Å².